The third-order valence-electron chi connectivity index (χ3n) is 3.32. The Morgan fingerprint density at radius 3 is 2.57 bits per heavy atom. The molecule has 0 saturated heterocycles. The lowest BCUT2D eigenvalue weighted by atomic mass is 10.2. The maximum absolute atomic E-state index is 11.9. The first-order chi connectivity index (χ1) is 10.2. The Bertz CT molecular complexity index is 621. The van der Waals surface area contributed by atoms with Gasteiger partial charge in [0.05, 0.1) is 12.2 Å². The molecule has 1 aliphatic carbocycles. The molecule has 2 N–H and O–H groups in total. The fourth-order valence-corrected chi connectivity index (χ4v) is 2.17. The van der Waals surface area contributed by atoms with Crippen LogP contribution in [0.15, 0.2) is 47.1 Å². The maximum atomic E-state index is 11.9. The smallest absolute Gasteiger partial charge is 0.251 e. The molecule has 4 nitrogen and oxygen atoms in total. The predicted molar refractivity (Wildman–Crippen MR) is 86.2 cm³/mol. The number of aromatic nitrogens is 1. The van der Waals surface area contributed by atoms with E-state index in [1.807, 2.05) is 36.4 Å². The minimum atomic E-state index is 0.0126. The fraction of sp³-hybridized carbons (Fsp3) is 0.250. The Kier molecular flexibility index (Phi) is 4.20. The largest absolute Gasteiger partial charge is 0.379 e. The van der Waals surface area contributed by atoms with Crippen molar-refractivity contribution in [2.24, 2.45) is 0 Å². The lowest BCUT2D eigenvalue weighted by Crippen LogP contribution is -2.25. The molecule has 0 atom stereocenters. The van der Waals surface area contributed by atoms with Crippen molar-refractivity contribution < 1.29 is 4.79 Å². The molecule has 5 heteroatoms. The zero-order chi connectivity index (χ0) is 14.7. The minimum Gasteiger partial charge on any atom is -0.379 e. The normalized spacial score (nSPS) is 13.8. The number of amides is 1. The molecule has 2 aromatic rings. The molecule has 0 aliphatic heterocycles. The first-order valence-electron chi connectivity index (χ1n) is 6.96. The molecule has 0 bridgehead atoms. The van der Waals surface area contributed by atoms with Gasteiger partial charge in [-0.05, 0) is 65.2 Å². The minimum absolute atomic E-state index is 0.0126. The van der Waals surface area contributed by atoms with E-state index in [4.69, 9.17) is 0 Å². The number of halogens is 1. The van der Waals surface area contributed by atoms with Gasteiger partial charge in [0.1, 0.15) is 0 Å². The van der Waals surface area contributed by atoms with Crippen LogP contribution in [0.25, 0.3) is 0 Å². The van der Waals surface area contributed by atoms with Gasteiger partial charge < -0.3 is 10.6 Å². The molecule has 1 amide bonds. The van der Waals surface area contributed by atoms with Gasteiger partial charge in [-0.15, -0.1) is 0 Å². The van der Waals surface area contributed by atoms with Crippen LogP contribution in [-0.2, 0) is 6.54 Å². The number of carbonyl (C=O) groups is 1. The lowest BCUT2D eigenvalue weighted by Gasteiger charge is -2.07. The van der Waals surface area contributed by atoms with Crippen LogP contribution >= 0.6 is 15.9 Å². The van der Waals surface area contributed by atoms with Crippen molar-refractivity contribution in [3.8, 4) is 0 Å². The highest BCUT2D eigenvalue weighted by Gasteiger charge is 2.23. The number of benzene rings is 1. The predicted octanol–water partition coefficient (Wildman–Crippen LogP) is 3.35. The van der Waals surface area contributed by atoms with Gasteiger partial charge in [-0.25, -0.2) is 0 Å². The molecule has 1 aromatic heterocycles. The second kappa shape index (κ2) is 6.26. The van der Waals surface area contributed by atoms with E-state index in [0.29, 0.717) is 18.2 Å². The SMILES string of the molecule is O=C(NC1CC1)c1ccc(NCc2ccc(Br)cn2)cc1. The number of hydrogen-bond acceptors (Lipinski definition) is 3. The van der Waals surface area contributed by atoms with Crippen molar-refractivity contribution in [3.63, 3.8) is 0 Å². The van der Waals surface area contributed by atoms with Crippen molar-refractivity contribution in [1.82, 2.24) is 10.3 Å². The summed E-state index contributed by atoms with van der Waals surface area (Å²) in [6.07, 6.45) is 3.99. The summed E-state index contributed by atoms with van der Waals surface area (Å²) in [6, 6.07) is 11.8. The zero-order valence-corrected chi connectivity index (χ0v) is 13.1. The van der Waals surface area contributed by atoms with Crippen LogP contribution in [0.5, 0.6) is 0 Å². The Hall–Kier alpha value is -1.88. The van der Waals surface area contributed by atoms with Crippen molar-refractivity contribution in [1.29, 1.82) is 0 Å². The molecule has 21 heavy (non-hydrogen) atoms. The maximum Gasteiger partial charge on any atom is 0.251 e. The molecule has 1 saturated carbocycles. The van der Waals surface area contributed by atoms with Gasteiger partial charge >= 0.3 is 0 Å². The monoisotopic (exact) mass is 345 g/mol. The van der Waals surface area contributed by atoms with E-state index in [0.717, 1.165) is 28.7 Å². The van der Waals surface area contributed by atoms with Gasteiger partial charge in [0.25, 0.3) is 5.91 Å². The molecule has 1 heterocycles. The van der Waals surface area contributed by atoms with Gasteiger partial charge in [0, 0.05) is 28.0 Å². The topological polar surface area (TPSA) is 54.0 Å². The molecule has 0 spiro atoms. The van der Waals surface area contributed by atoms with Crippen LogP contribution in [0.1, 0.15) is 28.9 Å². The third-order valence-corrected chi connectivity index (χ3v) is 3.79. The molecule has 0 radical (unpaired) electrons. The Morgan fingerprint density at radius 1 is 1.19 bits per heavy atom. The summed E-state index contributed by atoms with van der Waals surface area (Å²) in [5.74, 6) is 0.0126. The van der Waals surface area contributed by atoms with E-state index in [1.54, 1.807) is 6.20 Å². The molecular formula is C16H16BrN3O. The number of hydrogen-bond donors (Lipinski definition) is 2. The van der Waals surface area contributed by atoms with Gasteiger partial charge in [-0.2, -0.15) is 0 Å². The summed E-state index contributed by atoms with van der Waals surface area (Å²) in [7, 11) is 0. The molecule has 1 fully saturated rings. The van der Waals surface area contributed by atoms with Crippen molar-refractivity contribution in [2.45, 2.75) is 25.4 Å². The highest BCUT2D eigenvalue weighted by atomic mass is 79.9. The summed E-state index contributed by atoms with van der Waals surface area (Å²) in [5.41, 5.74) is 2.64. The molecular weight excluding hydrogens is 330 g/mol. The van der Waals surface area contributed by atoms with E-state index >= 15 is 0 Å². The van der Waals surface area contributed by atoms with Gasteiger partial charge in [0.15, 0.2) is 0 Å². The molecule has 108 valence electrons. The first kappa shape index (κ1) is 14.1. The molecule has 1 aliphatic rings. The van der Waals surface area contributed by atoms with E-state index < -0.39 is 0 Å². The average molecular weight is 346 g/mol. The first-order valence-corrected chi connectivity index (χ1v) is 7.75. The van der Waals surface area contributed by atoms with Crippen LogP contribution < -0.4 is 10.6 Å². The summed E-state index contributed by atoms with van der Waals surface area (Å²) in [5, 5.41) is 6.27. The van der Waals surface area contributed by atoms with Crippen LogP contribution in [-0.4, -0.2) is 16.9 Å². The highest BCUT2D eigenvalue weighted by Crippen LogP contribution is 2.19. The van der Waals surface area contributed by atoms with E-state index in [9.17, 15) is 4.79 Å². The molecule has 0 unspecified atom stereocenters. The zero-order valence-electron chi connectivity index (χ0n) is 11.5. The van der Waals surface area contributed by atoms with Crippen LogP contribution in [0.3, 0.4) is 0 Å². The van der Waals surface area contributed by atoms with Gasteiger partial charge in [-0.1, -0.05) is 0 Å². The van der Waals surface area contributed by atoms with E-state index in [-0.39, 0.29) is 5.91 Å². The summed E-state index contributed by atoms with van der Waals surface area (Å²) < 4.78 is 0.970. The number of rotatable bonds is 5. The number of anilines is 1. The fourth-order valence-electron chi connectivity index (χ4n) is 1.94. The average Bonchev–Trinajstić information content (AvgIpc) is 3.31. The highest BCUT2D eigenvalue weighted by molar-refractivity contribution is 9.10. The van der Waals surface area contributed by atoms with Crippen LogP contribution in [0.4, 0.5) is 5.69 Å². The lowest BCUT2D eigenvalue weighted by molar-refractivity contribution is 0.0951. The van der Waals surface area contributed by atoms with Crippen LogP contribution in [0.2, 0.25) is 0 Å². The Morgan fingerprint density at radius 2 is 1.95 bits per heavy atom. The van der Waals surface area contributed by atoms with E-state index in [2.05, 4.69) is 31.5 Å². The number of nitrogens with one attached hydrogen (secondary N) is 2. The van der Waals surface area contributed by atoms with E-state index in [1.165, 1.54) is 0 Å². The van der Waals surface area contributed by atoms with Gasteiger partial charge in [0.2, 0.25) is 0 Å². The van der Waals surface area contributed by atoms with Crippen LogP contribution in [0, 0.1) is 0 Å². The second-order valence-electron chi connectivity index (χ2n) is 5.15. The third kappa shape index (κ3) is 4.04. The van der Waals surface area contributed by atoms with Gasteiger partial charge in [-0.3, -0.25) is 9.78 Å². The summed E-state index contributed by atoms with van der Waals surface area (Å²) >= 11 is 3.36. The summed E-state index contributed by atoms with van der Waals surface area (Å²) in [6.45, 7) is 0.654. The van der Waals surface area contributed by atoms with Crippen molar-refractivity contribution in [2.75, 3.05) is 5.32 Å². The van der Waals surface area contributed by atoms with Crippen molar-refractivity contribution in [3.05, 3.63) is 58.3 Å². The van der Waals surface area contributed by atoms with Crippen molar-refractivity contribution >= 4 is 27.5 Å². The quantitative estimate of drug-likeness (QED) is 0.873. The Balaban J connectivity index is 1.56. The number of carbonyl (C=O) groups excluding carboxylic acids is 1. The second-order valence-corrected chi connectivity index (χ2v) is 6.06. The summed E-state index contributed by atoms with van der Waals surface area (Å²) in [4.78, 5) is 16.2. The number of pyridine rings is 1. The number of nitrogens with zero attached hydrogens (tertiary/aromatic N) is 1. The molecule has 1 aromatic carbocycles. The standard InChI is InChI=1S/C16H16BrN3O/c17-12-3-6-15(18-9-12)10-19-13-4-1-11(2-5-13)16(21)20-14-7-8-14/h1-6,9,14,19H,7-8,10H2,(H,20,21). The molecule has 3 rings (SSSR count). The Labute approximate surface area is 132 Å².